The fourth-order valence-corrected chi connectivity index (χ4v) is 4.45. The number of hydrogen-bond acceptors (Lipinski definition) is 4. The zero-order valence-electron chi connectivity index (χ0n) is 16.1. The number of amides is 2. The van der Waals surface area contributed by atoms with Crippen LogP contribution in [0.5, 0.6) is 0 Å². The molecule has 144 valence electrons. The van der Waals surface area contributed by atoms with E-state index in [1.54, 1.807) is 7.05 Å². The molecule has 2 bridgehead atoms. The Morgan fingerprint density at radius 2 is 1.69 bits per heavy atom. The molecule has 2 aliphatic carbocycles. The lowest BCUT2D eigenvalue weighted by Crippen LogP contribution is -2.40. The quantitative estimate of drug-likeness (QED) is 0.214. The second kappa shape index (κ2) is 8.20. The van der Waals surface area contributed by atoms with E-state index in [1.807, 2.05) is 0 Å². The van der Waals surface area contributed by atoms with Crippen LogP contribution in [0.3, 0.4) is 0 Å². The largest absolute Gasteiger partial charge is 0.356 e. The van der Waals surface area contributed by atoms with E-state index in [0.29, 0.717) is 13.1 Å². The maximum absolute atomic E-state index is 12.6. The normalized spacial score (nSPS) is 29.8. The van der Waals surface area contributed by atoms with Crippen LogP contribution >= 0.6 is 0 Å². The molecule has 3 aliphatic rings. The molecular weight excluding hydrogens is 330 g/mol. The van der Waals surface area contributed by atoms with Gasteiger partial charge in [-0.05, 0) is 51.7 Å². The molecule has 3 rings (SSSR count). The maximum atomic E-state index is 12.6. The van der Waals surface area contributed by atoms with E-state index in [9.17, 15) is 9.59 Å². The third-order valence-corrected chi connectivity index (χ3v) is 5.71. The summed E-state index contributed by atoms with van der Waals surface area (Å²) in [4.78, 5) is 33.1. The van der Waals surface area contributed by atoms with Gasteiger partial charge in [-0.25, -0.2) is 0 Å². The fraction of sp³-hybridized carbons (Fsp3) is 0.737. The lowest BCUT2D eigenvalue weighted by atomic mass is 9.85. The summed E-state index contributed by atoms with van der Waals surface area (Å²) >= 11 is 0. The summed E-state index contributed by atoms with van der Waals surface area (Å²) in [6.45, 7) is 3.07. The number of carbonyl (C=O) groups excluding carboxylic acids is 2. The van der Waals surface area contributed by atoms with Gasteiger partial charge < -0.3 is 15.5 Å². The number of likely N-dealkylation sites (tertiary alicyclic amines) is 1. The minimum Gasteiger partial charge on any atom is -0.356 e. The molecule has 4 atom stereocenters. The van der Waals surface area contributed by atoms with Gasteiger partial charge in [0, 0.05) is 26.7 Å². The second-order valence-corrected chi connectivity index (χ2v) is 7.76. The standard InChI is InChI=1S/C19H31N5O2/c1-20-19(21-8-4-10-23(2)3)22-9-5-11-24-17(25)15-13-6-7-14(12-13)16(15)18(24)26/h6-7,13-16H,4-5,8-12H2,1-3H3,(H2,20,21,22). The third kappa shape index (κ3) is 3.77. The highest BCUT2D eigenvalue weighted by molar-refractivity contribution is 6.06. The molecule has 2 fully saturated rings. The van der Waals surface area contributed by atoms with Crippen LogP contribution in [-0.4, -0.2) is 74.9 Å². The number of carbonyl (C=O) groups is 2. The number of guanidine groups is 1. The first kappa shape index (κ1) is 18.9. The average Bonchev–Trinajstić information content (AvgIpc) is 3.29. The lowest BCUT2D eigenvalue weighted by molar-refractivity contribution is -0.140. The number of fused-ring (bicyclic) bond motifs is 5. The van der Waals surface area contributed by atoms with Gasteiger partial charge in [-0.2, -0.15) is 0 Å². The number of nitrogens with zero attached hydrogens (tertiary/aromatic N) is 3. The SMILES string of the molecule is CN=C(NCCCN(C)C)NCCCN1C(=O)C2C3C=CC(C3)C2C1=O. The van der Waals surface area contributed by atoms with Crippen molar-refractivity contribution in [2.24, 2.45) is 28.7 Å². The molecule has 0 radical (unpaired) electrons. The molecule has 2 N–H and O–H groups in total. The summed E-state index contributed by atoms with van der Waals surface area (Å²) in [5.41, 5.74) is 0. The summed E-state index contributed by atoms with van der Waals surface area (Å²) in [5, 5.41) is 6.53. The van der Waals surface area contributed by atoms with Crippen molar-refractivity contribution in [2.45, 2.75) is 19.3 Å². The molecule has 0 aromatic rings. The maximum Gasteiger partial charge on any atom is 0.233 e. The smallest absolute Gasteiger partial charge is 0.233 e. The van der Waals surface area contributed by atoms with Crippen molar-refractivity contribution in [1.29, 1.82) is 0 Å². The van der Waals surface area contributed by atoms with Gasteiger partial charge in [0.05, 0.1) is 11.8 Å². The molecule has 1 heterocycles. The van der Waals surface area contributed by atoms with Crippen LogP contribution in [-0.2, 0) is 9.59 Å². The molecule has 0 aromatic carbocycles. The van der Waals surface area contributed by atoms with Gasteiger partial charge in [-0.1, -0.05) is 12.2 Å². The van der Waals surface area contributed by atoms with Gasteiger partial charge in [0.2, 0.25) is 11.8 Å². The molecule has 26 heavy (non-hydrogen) atoms. The minimum absolute atomic E-state index is 0.0445. The number of rotatable bonds is 8. The van der Waals surface area contributed by atoms with Gasteiger partial charge in [0.15, 0.2) is 5.96 Å². The molecule has 7 heteroatoms. The van der Waals surface area contributed by atoms with Crippen LogP contribution in [0, 0.1) is 23.7 Å². The first-order valence-electron chi connectivity index (χ1n) is 9.65. The van der Waals surface area contributed by atoms with Gasteiger partial charge >= 0.3 is 0 Å². The number of aliphatic imine (C=N–C) groups is 1. The van der Waals surface area contributed by atoms with Gasteiger partial charge in [0.25, 0.3) is 0 Å². The van der Waals surface area contributed by atoms with E-state index in [0.717, 1.165) is 38.3 Å². The zero-order chi connectivity index (χ0) is 18.7. The van der Waals surface area contributed by atoms with E-state index < -0.39 is 0 Å². The summed E-state index contributed by atoms with van der Waals surface area (Å²) in [6.07, 6.45) is 7.03. The van der Waals surface area contributed by atoms with E-state index in [4.69, 9.17) is 0 Å². The fourth-order valence-electron chi connectivity index (χ4n) is 4.45. The molecule has 1 aliphatic heterocycles. The van der Waals surface area contributed by atoms with Crippen LogP contribution in [0.2, 0.25) is 0 Å². The molecule has 1 saturated heterocycles. The Kier molecular flexibility index (Phi) is 5.96. The van der Waals surface area contributed by atoms with Crippen LogP contribution in [0.25, 0.3) is 0 Å². The summed E-state index contributed by atoms with van der Waals surface area (Å²) in [6, 6.07) is 0. The lowest BCUT2D eigenvalue weighted by Gasteiger charge is -2.18. The average molecular weight is 361 g/mol. The van der Waals surface area contributed by atoms with Crippen LogP contribution in [0.1, 0.15) is 19.3 Å². The highest BCUT2D eigenvalue weighted by Crippen LogP contribution is 2.52. The highest BCUT2D eigenvalue weighted by Gasteiger charge is 2.58. The first-order chi connectivity index (χ1) is 12.5. The number of nitrogens with one attached hydrogen (secondary N) is 2. The molecule has 0 spiro atoms. The first-order valence-corrected chi connectivity index (χ1v) is 9.65. The van der Waals surface area contributed by atoms with Gasteiger partial charge in [-0.3, -0.25) is 19.5 Å². The number of hydrogen-bond donors (Lipinski definition) is 2. The van der Waals surface area contributed by atoms with Crippen molar-refractivity contribution in [3.8, 4) is 0 Å². The predicted octanol–water partition coefficient (Wildman–Crippen LogP) is 0.300. The number of imide groups is 1. The van der Waals surface area contributed by atoms with Crippen molar-refractivity contribution in [2.75, 3.05) is 47.3 Å². The van der Waals surface area contributed by atoms with E-state index in [-0.39, 0.29) is 35.5 Å². The Bertz CT molecular complexity index is 571. The summed E-state index contributed by atoms with van der Waals surface area (Å²) < 4.78 is 0. The van der Waals surface area contributed by atoms with Gasteiger partial charge in [-0.15, -0.1) is 0 Å². The molecule has 0 aromatic heterocycles. The van der Waals surface area contributed by atoms with E-state index in [2.05, 4.69) is 46.8 Å². The zero-order valence-corrected chi connectivity index (χ0v) is 16.1. The van der Waals surface area contributed by atoms with Crippen molar-refractivity contribution in [3.05, 3.63) is 12.2 Å². The van der Waals surface area contributed by atoms with Crippen LogP contribution in [0.15, 0.2) is 17.1 Å². The van der Waals surface area contributed by atoms with Crippen molar-refractivity contribution in [3.63, 3.8) is 0 Å². The molecular formula is C19H31N5O2. The topological polar surface area (TPSA) is 77.0 Å². The predicted molar refractivity (Wildman–Crippen MR) is 102 cm³/mol. The van der Waals surface area contributed by atoms with Gasteiger partial charge in [0.1, 0.15) is 0 Å². The number of allylic oxidation sites excluding steroid dienone is 2. The highest BCUT2D eigenvalue weighted by atomic mass is 16.2. The second-order valence-electron chi connectivity index (χ2n) is 7.76. The Morgan fingerprint density at radius 1 is 1.12 bits per heavy atom. The van der Waals surface area contributed by atoms with Crippen LogP contribution < -0.4 is 10.6 Å². The monoisotopic (exact) mass is 361 g/mol. The molecule has 7 nitrogen and oxygen atoms in total. The Hall–Kier alpha value is -1.89. The molecule has 4 unspecified atom stereocenters. The van der Waals surface area contributed by atoms with Crippen molar-refractivity contribution < 1.29 is 9.59 Å². The van der Waals surface area contributed by atoms with Crippen molar-refractivity contribution >= 4 is 17.8 Å². The summed E-state index contributed by atoms with van der Waals surface area (Å²) in [7, 11) is 5.87. The Morgan fingerprint density at radius 3 is 2.23 bits per heavy atom. The molecule has 2 amide bonds. The Balaban J connectivity index is 1.37. The Labute approximate surface area is 155 Å². The summed E-state index contributed by atoms with van der Waals surface area (Å²) in [5.74, 6) is 1.26. The third-order valence-electron chi connectivity index (χ3n) is 5.71. The van der Waals surface area contributed by atoms with Crippen LogP contribution in [0.4, 0.5) is 0 Å². The van der Waals surface area contributed by atoms with E-state index >= 15 is 0 Å². The molecule has 1 saturated carbocycles. The van der Waals surface area contributed by atoms with E-state index in [1.165, 1.54) is 4.90 Å². The van der Waals surface area contributed by atoms with Crippen molar-refractivity contribution in [1.82, 2.24) is 20.4 Å². The minimum atomic E-state index is -0.0865.